The summed E-state index contributed by atoms with van der Waals surface area (Å²) >= 11 is 0. The first-order chi connectivity index (χ1) is 16.7. The molecule has 5 nitrogen and oxygen atoms in total. The molecule has 0 aliphatic heterocycles. The Morgan fingerprint density at radius 3 is 2.26 bits per heavy atom. The van der Waals surface area contributed by atoms with Crippen molar-refractivity contribution < 1.29 is 14.3 Å². The molecule has 5 heteroatoms. The third-order valence-corrected chi connectivity index (χ3v) is 7.34. The fraction of sp³-hybridized carbons (Fsp3) is 0.533. The van der Waals surface area contributed by atoms with Gasteiger partial charge in [-0.2, -0.15) is 0 Å². The van der Waals surface area contributed by atoms with Gasteiger partial charge in [-0.05, 0) is 86.6 Å². The third kappa shape index (κ3) is 8.41. The zero-order valence-electron chi connectivity index (χ0n) is 22.7. The van der Waals surface area contributed by atoms with E-state index in [4.69, 9.17) is 4.74 Å². The highest BCUT2D eigenvalue weighted by atomic mass is 16.5. The molecule has 0 heterocycles. The monoisotopic (exact) mass is 480 g/mol. The van der Waals surface area contributed by atoms with Crippen LogP contribution in [0, 0.1) is 31.6 Å². The molecule has 1 unspecified atom stereocenters. The summed E-state index contributed by atoms with van der Waals surface area (Å²) in [4.78, 5) is 23.3. The van der Waals surface area contributed by atoms with Crippen molar-refractivity contribution in [3.63, 3.8) is 0 Å². The van der Waals surface area contributed by atoms with Gasteiger partial charge in [-0.15, -0.1) is 0 Å². The number of anilines is 2. The molecular formula is C30H44N2O3. The van der Waals surface area contributed by atoms with Crippen LogP contribution in [-0.4, -0.2) is 18.9 Å². The first kappa shape index (κ1) is 28.4. The Hall–Kier alpha value is -2.82. The van der Waals surface area contributed by atoms with Crippen LogP contribution in [0.3, 0.4) is 0 Å². The largest absolute Gasteiger partial charge is 0.496 e. The van der Waals surface area contributed by atoms with Gasteiger partial charge in [0.25, 0.3) is 0 Å². The highest BCUT2D eigenvalue weighted by Crippen LogP contribution is 2.35. The van der Waals surface area contributed by atoms with Crippen LogP contribution in [0.2, 0.25) is 0 Å². The molecule has 0 radical (unpaired) electrons. The van der Waals surface area contributed by atoms with Crippen LogP contribution >= 0.6 is 0 Å². The number of methoxy groups -OCH3 is 1. The zero-order valence-corrected chi connectivity index (χ0v) is 22.7. The summed E-state index contributed by atoms with van der Waals surface area (Å²) in [6, 6.07) is 11.8. The second-order valence-electron chi connectivity index (χ2n) is 9.81. The van der Waals surface area contributed by atoms with Crippen molar-refractivity contribution in [1.29, 1.82) is 0 Å². The molecule has 2 aromatic carbocycles. The molecule has 2 amide bonds. The number of hydrogen-bond donors (Lipinski definition) is 2. The molecule has 1 fully saturated rings. The number of nitrogens with one attached hydrogen (secondary N) is 2. The van der Waals surface area contributed by atoms with Crippen molar-refractivity contribution in [3.05, 3.63) is 53.1 Å². The highest BCUT2D eigenvalue weighted by Gasteiger charge is 2.28. The minimum Gasteiger partial charge on any atom is -0.496 e. The van der Waals surface area contributed by atoms with Crippen LogP contribution in [0.1, 0.15) is 76.5 Å². The van der Waals surface area contributed by atoms with Crippen molar-refractivity contribution in [2.75, 3.05) is 17.7 Å². The number of rotatable bonds is 7. The summed E-state index contributed by atoms with van der Waals surface area (Å²) in [6.45, 7) is 12.3. The topological polar surface area (TPSA) is 67.4 Å². The van der Waals surface area contributed by atoms with Gasteiger partial charge in [-0.25, -0.2) is 0 Å². The van der Waals surface area contributed by atoms with Crippen LogP contribution in [0.15, 0.2) is 36.4 Å². The molecule has 1 saturated carbocycles. The molecule has 0 bridgehead atoms. The average molecular weight is 481 g/mol. The lowest BCUT2D eigenvalue weighted by Gasteiger charge is -2.31. The van der Waals surface area contributed by atoms with Gasteiger partial charge in [-0.1, -0.05) is 45.4 Å². The van der Waals surface area contributed by atoms with E-state index < -0.39 is 0 Å². The Kier molecular flexibility index (Phi) is 11.3. The molecule has 192 valence electrons. The number of amides is 2. The number of hydrogen-bond acceptors (Lipinski definition) is 3. The summed E-state index contributed by atoms with van der Waals surface area (Å²) < 4.78 is 5.31. The summed E-state index contributed by atoms with van der Waals surface area (Å²) in [6.07, 6.45) is 6.59. The van der Waals surface area contributed by atoms with Gasteiger partial charge in [-0.3, -0.25) is 9.59 Å². The van der Waals surface area contributed by atoms with Crippen molar-refractivity contribution >= 4 is 23.2 Å². The second kappa shape index (κ2) is 13.9. The molecule has 0 saturated heterocycles. The molecule has 1 aliphatic rings. The molecule has 2 N–H and O–H groups in total. The highest BCUT2D eigenvalue weighted by molar-refractivity contribution is 5.93. The quantitative estimate of drug-likeness (QED) is 0.436. The van der Waals surface area contributed by atoms with Gasteiger partial charge in [0.2, 0.25) is 11.8 Å². The lowest BCUT2D eigenvalue weighted by Crippen LogP contribution is -2.28. The lowest BCUT2D eigenvalue weighted by atomic mass is 9.75. The van der Waals surface area contributed by atoms with Gasteiger partial charge in [0.1, 0.15) is 5.75 Å². The van der Waals surface area contributed by atoms with E-state index in [2.05, 4.69) is 44.4 Å². The molecule has 0 spiro atoms. The SMILES string of the molecule is CCC(C)C1CCC(C(=O)Nc2ccc(C)c(OC)c2)CC1.CCc1c(C)cccc1NC(C)=O. The first-order valence-corrected chi connectivity index (χ1v) is 13.0. The Morgan fingerprint density at radius 1 is 1.00 bits per heavy atom. The van der Waals surface area contributed by atoms with E-state index in [-0.39, 0.29) is 17.7 Å². The fourth-order valence-corrected chi connectivity index (χ4v) is 4.90. The van der Waals surface area contributed by atoms with Crippen LogP contribution in [0.25, 0.3) is 0 Å². The normalized spacial score (nSPS) is 18.0. The van der Waals surface area contributed by atoms with Crippen molar-refractivity contribution in [2.45, 2.75) is 80.1 Å². The Morgan fingerprint density at radius 2 is 1.69 bits per heavy atom. The molecule has 0 aromatic heterocycles. The van der Waals surface area contributed by atoms with Gasteiger partial charge in [0.15, 0.2) is 0 Å². The Labute approximate surface area is 212 Å². The minimum atomic E-state index is -0.0136. The maximum Gasteiger partial charge on any atom is 0.227 e. The lowest BCUT2D eigenvalue weighted by molar-refractivity contribution is -0.121. The van der Waals surface area contributed by atoms with Gasteiger partial charge in [0.05, 0.1) is 7.11 Å². The minimum absolute atomic E-state index is 0.0136. The van der Waals surface area contributed by atoms with E-state index >= 15 is 0 Å². The van der Waals surface area contributed by atoms with E-state index in [1.165, 1.54) is 37.3 Å². The summed E-state index contributed by atoms with van der Waals surface area (Å²) in [5.41, 5.74) is 5.30. The van der Waals surface area contributed by atoms with Crippen LogP contribution in [0.5, 0.6) is 5.75 Å². The fourth-order valence-electron chi connectivity index (χ4n) is 4.90. The number of carbonyl (C=O) groups is 2. The van der Waals surface area contributed by atoms with Crippen LogP contribution < -0.4 is 15.4 Å². The predicted molar refractivity (Wildman–Crippen MR) is 146 cm³/mol. The predicted octanol–water partition coefficient (Wildman–Crippen LogP) is 7.31. The first-order valence-electron chi connectivity index (χ1n) is 13.0. The Bertz CT molecular complexity index is 978. The van der Waals surface area contributed by atoms with E-state index in [1.54, 1.807) is 7.11 Å². The van der Waals surface area contributed by atoms with E-state index in [0.717, 1.165) is 53.8 Å². The van der Waals surface area contributed by atoms with Gasteiger partial charge in [0, 0.05) is 30.3 Å². The van der Waals surface area contributed by atoms with E-state index in [9.17, 15) is 9.59 Å². The molecule has 1 aliphatic carbocycles. The number of aryl methyl sites for hydroxylation is 2. The van der Waals surface area contributed by atoms with Crippen molar-refractivity contribution in [3.8, 4) is 5.75 Å². The smallest absolute Gasteiger partial charge is 0.227 e. The maximum atomic E-state index is 12.4. The third-order valence-electron chi connectivity index (χ3n) is 7.34. The van der Waals surface area contributed by atoms with Crippen LogP contribution in [-0.2, 0) is 16.0 Å². The van der Waals surface area contributed by atoms with Gasteiger partial charge < -0.3 is 15.4 Å². The number of ether oxygens (including phenoxy) is 1. The van der Waals surface area contributed by atoms with E-state index in [1.807, 2.05) is 37.3 Å². The number of benzene rings is 2. The number of carbonyl (C=O) groups excluding carboxylic acids is 2. The summed E-state index contributed by atoms with van der Waals surface area (Å²) in [7, 11) is 1.66. The summed E-state index contributed by atoms with van der Waals surface area (Å²) in [5.74, 6) is 2.71. The molecule has 2 aromatic rings. The standard InChI is InChI=1S/C19H29NO2.C11H15NO/c1-5-13(2)15-7-9-16(10-8-15)19(21)20-17-11-6-14(3)18(12-17)22-4;1-4-10-8(2)6-5-7-11(10)12-9(3)13/h6,11-13,15-16H,5,7-10H2,1-4H3,(H,20,21);5-7H,4H2,1-3H3,(H,12,13). The molecular weight excluding hydrogens is 436 g/mol. The summed E-state index contributed by atoms with van der Waals surface area (Å²) in [5, 5.41) is 5.88. The van der Waals surface area contributed by atoms with Gasteiger partial charge >= 0.3 is 0 Å². The molecule has 1 atom stereocenters. The van der Waals surface area contributed by atoms with Crippen molar-refractivity contribution in [2.24, 2.45) is 17.8 Å². The maximum absolute atomic E-state index is 12.4. The van der Waals surface area contributed by atoms with Crippen LogP contribution in [0.4, 0.5) is 11.4 Å². The second-order valence-corrected chi connectivity index (χ2v) is 9.81. The average Bonchev–Trinajstić information content (AvgIpc) is 2.85. The Balaban J connectivity index is 0.000000283. The van der Waals surface area contributed by atoms with E-state index in [0.29, 0.717) is 0 Å². The molecule has 35 heavy (non-hydrogen) atoms. The molecule has 3 rings (SSSR count). The van der Waals surface area contributed by atoms with Crippen molar-refractivity contribution in [1.82, 2.24) is 0 Å². The zero-order chi connectivity index (χ0) is 26.0.